The van der Waals surface area contributed by atoms with Gasteiger partial charge in [-0.2, -0.15) is 0 Å². The summed E-state index contributed by atoms with van der Waals surface area (Å²) in [4.78, 5) is 22.6. The van der Waals surface area contributed by atoms with Crippen molar-refractivity contribution in [2.24, 2.45) is 5.92 Å². The summed E-state index contributed by atoms with van der Waals surface area (Å²) in [6.45, 7) is 0.323. The number of rotatable bonds is 5. The minimum absolute atomic E-state index is 0.143. The van der Waals surface area contributed by atoms with Gasteiger partial charge in [0.1, 0.15) is 12.9 Å². The molecule has 106 valence electrons. The average molecular weight is 272 g/mol. The van der Waals surface area contributed by atoms with Crippen LogP contribution in [0.25, 0.3) is 0 Å². The third-order valence-corrected chi connectivity index (χ3v) is 3.61. The van der Waals surface area contributed by atoms with Crippen LogP contribution in [-0.2, 0) is 20.9 Å². The number of benzene rings is 1. The Morgan fingerprint density at radius 3 is 2.80 bits per heavy atom. The highest BCUT2D eigenvalue weighted by atomic mass is 16.5. The van der Waals surface area contributed by atoms with E-state index in [1.54, 1.807) is 0 Å². The molecule has 0 N–H and O–H groups in total. The molecule has 0 aromatic heterocycles. The fourth-order valence-electron chi connectivity index (χ4n) is 2.39. The standard InChI is InChI=1S/C17H20O3/c18-12-15-8-4-7-14(9-10-15)11-17(19)20-13-16-5-2-1-3-6-16/h1-3,5-7,12,15H,4,8-11,13H2. The van der Waals surface area contributed by atoms with Crippen LogP contribution in [0.3, 0.4) is 0 Å². The van der Waals surface area contributed by atoms with E-state index >= 15 is 0 Å². The number of carbonyl (C=O) groups excluding carboxylic acids is 2. The molecule has 1 aromatic rings. The number of aldehydes is 1. The highest BCUT2D eigenvalue weighted by molar-refractivity contribution is 5.72. The monoisotopic (exact) mass is 272 g/mol. The van der Waals surface area contributed by atoms with Crippen molar-refractivity contribution in [3.63, 3.8) is 0 Å². The van der Waals surface area contributed by atoms with Crippen LogP contribution < -0.4 is 0 Å². The maximum Gasteiger partial charge on any atom is 0.310 e. The molecule has 1 aliphatic carbocycles. The van der Waals surface area contributed by atoms with E-state index in [0.717, 1.165) is 43.1 Å². The molecule has 3 nitrogen and oxygen atoms in total. The molecule has 3 heteroatoms. The summed E-state index contributed by atoms with van der Waals surface area (Å²) in [7, 11) is 0. The van der Waals surface area contributed by atoms with Gasteiger partial charge in [-0.3, -0.25) is 4.79 Å². The molecule has 0 spiro atoms. The molecule has 0 heterocycles. The Bertz CT molecular complexity index is 476. The molecule has 0 bridgehead atoms. The molecule has 0 amide bonds. The van der Waals surface area contributed by atoms with Gasteiger partial charge in [0.05, 0.1) is 6.42 Å². The van der Waals surface area contributed by atoms with E-state index in [-0.39, 0.29) is 11.9 Å². The van der Waals surface area contributed by atoms with E-state index in [0.29, 0.717) is 13.0 Å². The van der Waals surface area contributed by atoms with Crippen molar-refractivity contribution in [3.8, 4) is 0 Å². The molecular formula is C17H20O3. The van der Waals surface area contributed by atoms with Crippen LogP contribution in [0.4, 0.5) is 0 Å². The minimum atomic E-state index is -0.190. The van der Waals surface area contributed by atoms with Gasteiger partial charge in [0.15, 0.2) is 0 Å². The van der Waals surface area contributed by atoms with Crippen molar-refractivity contribution < 1.29 is 14.3 Å². The fourth-order valence-corrected chi connectivity index (χ4v) is 2.39. The van der Waals surface area contributed by atoms with Crippen LogP contribution in [0.15, 0.2) is 42.0 Å². The first-order valence-electron chi connectivity index (χ1n) is 7.10. The number of esters is 1. The van der Waals surface area contributed by atoms with Gasteiger partial charge in [-0.05, 0) is 31.2 Å². The fraction of sp³-hybridized carbons (Fsp3) is 0.412. The third kappa shape index (κ3) is 4.65. The lowest BCUT2D eigenvalue weighted by atomic mass is 10.0. The third-order valence-electron chi connectivity index (χ3n) is 3.61. The first-order chi connectivity index (χ1) is 9.78. The Labute approximate surface area is 119 Å². The Morgan fingerprint density at radius 1 is 1.25 bits per heavy atom. The van der Waals surface area contributed by atoms with Crippen LogP contribution in [0.2, 0.25) is 0 Å². The van der Waals surface area contributed by atoms with Crippen LogP contribution in [0.5, 0.6) is 0 Å². The predicted molar refractivity (Wildman–Crippen MR) is 77.0 cm³/mol. The van der Waals surface area contributed by atoms with Gasteiger partial charge in [0, 0.05) is 5.92 Å². The SMILES string of the molecule is O=CC1CCC=C(CC(=O)OCc2ccccc2)CC1. The number of ether oxygens (including phenoxy) is 1. The molecule has 0 aliphatic heterocycles. The average Bonchev–Trinajstić information content (AvgIpc) is 2.71. The van der Waals surface area contributed by atoms with Gasteiger partial charge in [-0.25, -0.2) is 0 Å². The molecule has 1 unspecified atom stereocenters. The summed E-state index contributed by atoms with van der Waals surface area (Å²) in [6, 6.07) is 9.66. The zero-order valence-electron chi connectivity index (χ0n) is 11.6. The largest absolute Gasteiger partial charge is 0.461 e. The Hall–Kier alpha value is -1.90. The summed E-state index contributed by atoms with van der Waals surface area (Å²) in [6.07, 6.45) is 6.91. The molecule has 0 fully saturated rings. The summed E-state index contributed by atoms with van der Waals surface area (Å²) >= 11 is 0. The van der Waals surface area contributed by atoms with Gasteiger partial charge in [0.2, 0.25) is 0 Å². The quantitative estimate of drug-likeness (QED) is 0.468. The normalized spacial score (nSPS) is 18.8. The van der Waals surface area contributed by atoms with E-state index < -0.39 is 0 Å². The number of allylic oxidation sites excluding steroid dienone is 1. The zero-order valence-corrected chi connectivity index (χ0v) is 11.6. The van der Waals surface area contributed by atoms with Gasteiger partial charge < -0.3 is 9.53 Å². The van der Waals surface area contributed by atoms with Crippen LogP contribution in [-0.4, -0.2) is 12.3 Å². The number of hydrogen-bond acceptors (Lipinski definition) is 3. The topological polar surface area (TPSA) is 43.4 Å². The molecule has 1 atom stereocenters. The van der Waals surface area contributed by atoms with Crippen molar-refractivity contribution >= 4 is 12.3 Å². The van der Waals surface area contributed by atoms with E-state index in [1.807, 2.05) is 30.3 Å². The smallest absolute Gasteiger partial charge is 0.310 e. The van der Waals surface area contributed by atoms with Crippen LogP contribution in [0.1, 0.15) is 37.7 Å². The van der Waals surface area contributed by atoms with Gasteiger partial charge in [-0.1, -0.05) is 42.0 Å². The van der Waals surface area contributed by atoms with Crippen molar-refractivity contribution in [2.45, 2.75) is 38.7 Å². The number of carbonyl (C=O) groups is 2. The zero-order chi connectivity index (χ0) is 14.2. The lowest BCUT2D eigenvalue weighted by molar-refractivity contribution is -0.144. The van der Waals surface area contributed by atoms with Crippen molar-refractivity contribution in [2.75, 3.05) is 0 Å². The molecule has 0 saturated carbocycles. The van der Waals surface area contributed by atoms with Crippen LogP contribution >= 0.6 is 0 Å². The van der Waals surface area contributed by atoms with Crippen molar-refractivity contribution in [3.05, 3.63) is 47.5 Å². The molecule has 2 rings (SSSR count). The lowest BCUT2D eigenvalue weighted by Gasteiger charge is -2.08. The first-order valence-corrected chi connectivity index (χ1v) is 7.10. The summed E-state index contributed by atoms with van der Waals surface area (Å²) < 4.78 is 5.28. The Morgan fingerprint density at radius 2 is 2.05 bits per heavy atom. The Kier molecular flexibility index (Phi) is 5.54. The van der Waals surface area contributed by atoms with E-state index in [4.69, 9.17) is 4.74 Å². The van der Waals surface area contributed by atoms with Gasteiger partial charge in [-0.15, -0.1) is 0 Å². The molecule has 0 radical (unpaired) electrons. The lowest BCUT2D eigenvalue weighted by Crippen LogP contribution is -2.06. The maximum atomic E-state index is 11.8. The second kappa shape index (κ2) is 7.63. The van der Waals surface area contributed by atoms with Gasteiger partial charge in [0.25, 0.3) is 0 Å². The van der Waals surface area contributed by atoms with Gasteiger partial charge >= 0.3 is 5.97 Å². The first kappa shape index (κ1) is 14.5. The maximum absolute atomic E-state index is 11.8. The summed E-state index contributed by atoms with van der Waals surface area (Å²) in [5, 5.41) is 0. The second-order valence-electron chi connectivity index (χ2n) is 5.20. The highest BCUT2D eigenvalue weighted by Crippen LogP contribution is 2.23. The Balaban J connectivity index is 1.77. The summed E-state index contributed by atoms with van der Waals surface area (Å²) in [5.41, 5.74) is 2.10. The molecular weight excluding hydrogens is 252 g/mol. The molecule has 0 saturated heterocycles. The van der Waals surface area contributed by atoms with E-state index in [2.05, 4.69) is 6.08 Å². The highest BCUT2D eigenvalue weighted by Gasteiger charge is 2.15. The minimum Gasteiger partial charge on any atom is -0.461 e. The molecule has 1 aromatic carbocycles. The van der Waals surface area contributed by atoms with Crippen LogP contribution in [0, 0.1) is 5.92 Å². The van der Waals surface area contributed by atoms with Crippen molar-refractivity contribution in [1.82, 2.24) is 0 Å². The van der Waals surface area contributed by atoms with E-state index in [1.165, 1.54) is 0 Å². The molecule has 20 heavy (non-hydrogen) atoms. The molecule has 1 aliphatic rings. The predicted octanol–water partition coefficient (Wildman–Crippen LogP) is 3.44. The number of hydrogen-bond donors (Lipinski definition) is 0. The second-order valence-corrected chi connectivity index (χ2v) is 5.20. The van der Waals surface area contributed by atoms with E-state index in [9.17, 15) is 9.59 Å². The van der Waals surface area contributed by atoms with Crippen molar-refractivity contribution in [1.29, 1.82) is 0 Å². The summed E-state index contributed by atoms with van der Waals surface area (Å²) in [5.74, 6) is -0.0475.